The van der Waals surface area contributed by atoms with E-state index in [1.807, 2.05) is 13.1 Å². The van der Waals surface area contributed by atoms with Gasteiger partial charge in [-0.05, 0) is 38.0 Å². The first-order chi connectivity index (χ1) is 11.0. The number of hydrogen-bond acceptors (Lipinski definition) is 3. The summed E-state index contributed by atoms with van der Waals surface area (Å²) in [6.45, 7) is 4.18. The molecule has 0 saturated heterocycles. The van der Waals surface area contributed by atoms with Gasteiger partial charge in [0.1, 0.15) is 0 Å². The number of likely N-dealkylation sites (N-methyl/N-ethyl adjacent to an activating group) is 1. The van der Waals surface area contributed by atoms with E-state index in [1.165, 1.54) is 11.1 Å². The van der Waals surface area contributed by atoms with Crippen LogP contribution in [-0.2, 0) is 0 Å². The quantitative estimate of drug-likeness (QED) is 0.833. The molecule has 0 amide bonds. The van der Waals surface area contributed by atoms with Gasteiger partial charge in [-0.2, -0.15) is 0 Å². The molecule has 2 aliphatic rings. The van der Waals surface area contributed by atoms with Gasteiger partial charge in [0.2, 0.25) is 0 Å². The van der Waals surface area contributed by atoms with Crippen molar-refractivity contribution < 1.29 is 9.90 Å². The lowest BCUT2D eigenvalue weighted by atomic mass is 9.87. The number of hydrogen-bond donors (Lipinski definition) is 2. The summed E-state index contributed by atoms with van der Waals surface area (Å²) >= 11 is 0. The molecule has 1 aliphatic carbocycles. The molecule has 0 spiro atoms. The molecule has 0 aromatic heterocycles. The van der Waals surface area contributed by atoms with E-state index in [0.29, 0.717) is 11.3 Å². The van der Waals surface area contributed by atoms with Gasteiger partial charge in [0.05, 0.1) is 29.0 Å². The maximum absolute atomic E-state index is 11.5. The lowest BCUT2D eigenvalue weighted by Gasteiger charge is -2.43. The average Bonchev–Trinajstić information content (AvgIpc) is 2.52. The van der Waals surface area contributed by atoms with Crippen LogP contribution in [0.3, 0.4) is 0 Å². The van der Waals surface area contributed by atoms with E-state index >= 15 is 0 Å². The third-order valence-corrected chi connectivity index (χ3v) is 4.51. The number of carboxylic acid groups (broad SMARTS) is 1. The lowest BCUT2D eigenvalue weighted by Crippen LogP contribution is -2.50. The average molecular weight is 310 g/mol. The summed E-state index contributed by atoms with van der Waals surface area (Å²) in [7, 11) is 2.02. The number of fused-ring (bicyclic) bond motifs is 2. The van der Waals surface area contributed by atoms with Crippen LogP contribution in [0.2, 0.25) is 0 Å². The Morgan fingerprint density at radius 1 is 1.39 bits per heavy atom. The third kappa shape index (κ3) is 2.77. The highest BCUT2D eigenvalue weighted by Crippen LogP contribution is 2.39. The predicted molar refractivity (Wildman–Crippen MR) is 94.3 cm³/mol. The van der Waals surface area contributed by atoms with Gasteiger partial charge in [-0.25, -0.2) is 4.79 Å². The maximum atomic E-state index is 11.5. The first-order valence-corrected chi connectivity index (χ1v) is 7.85. The van der Waals surface area contributed by atoms with Crippen molar-refractivity contribution in [3.63, 3.8) is 0 Å². The highest BCUT2D eigenvalue weighted by molar-refractivity contribution is 5.99. The van der Waals surface area contributed by atoms with Gasteiger partial charge in [-0.3, -0.25) is 0 Å². The Balaban J connectivity index is 2.01. The van der Waals surface area contributed by atoms with E-state index in [2.05, 4.69) is 48.4 Å². The van der Waals surface area contributed by atoms with Crippen molar-refractivity contribution in [2.24, 2.45) is 0 Å². The number of rotatable bonds is 3. The van der Waals surface area contributed by atoms with Crippen LogP contribution in [0.25, 0.3) is 0 Å². The van der Waals surface area contributed by atoms with Crippen LogP contribution < -0.4 is 10.2 Å². The monoisotopic (exact) mass is 310 g/mol. The van der Waals surface area contributed by atoms with Gasteiger partial charge in [0.15, 0.2) is 0 Å². The van der Waals surface area contributed by atoms with Crippen LogP contribution in [0.1, 0.15) is 30.6 Å². The van der Waals surface area contributed by atoms with E-state index in [9.17, 15) is 9.90 Å². The van der Waals surface area contributed by atoms with E-state index in [1.54, 1.807) is 12.1 Å². The largest absolute Gasteiger partial charge is 0.478 e. The fourth-order valence-electron chi connectivity index (χ4n) is 3.25. The summed E-state index contributed by atoms with van der Waals surface area (Å²) in [5, 5.41) is 13.0. The van der Waals surface area contributed by atoms with Crippen molar-refractivity contribution in [3.8, 4) is 0 Å². The standard InChI is InChI=1S/C19H22N2O2/c1-12(2)10-11-13-6-4-8-15-17(13)20-18-14(19(22)23)7-5-9-16(18)21(15)3/h4-10,15,17,20H,11H2,1-3H3,(H,22,23). The highest BCUT2D eigenvalue weighted by Gasteiger charge is 2.35. The summed E-state index contributed by atoms with van der Waals surface area (Å²) in [5.74, 6) is -0.901. The zero-order valence-electron chi connectivity index (χ0n) is 13.7. The number of nitrogens with one attached hydrogen (secondary N) is 1. The van der Waals surface area contributed by atoms with Crippen LogP contribution in [0.5, 0.6) is 0 Å². The SMILES string of the molecule is CC(C)=CCC1=CC=CC2C1Nc1c(C(=O)O)cccc1N2C. The van der Waals surface area contributed by atoms with Crippen molar-refractivity contribution in [2.75, 3.05) is 17.3 Å². The summed E-state index contributed by atoms with van der Waals surface area (Å²) in [6.07, 6.45) is 9.48. The number of aromatic carboxylic acids is 1. The minimum Gasteiger partial charge on any atom is -0.478 e. The molecular weight excluding hydrogens is 288 g/mol. The number of nitrogens with zero attached hydrogens (tertiary/aromatic N) is 1. The molecule has 0 radical (unpaired) electrons. The normalized spacial score (nSPS) is 21.7. The summed E-state index contributed by atoms with van der Waals surface area (Å²) < 4.78 is 0. The Kier molecular flexibility index (Phi) is 3.99. The van der Waals surface area contributed by atoms with Crippen molar-refractivity contribution in [1.82, 2.24) is 0 Å². The molecule has 1 heterocycles. The Bertz CT molecular complexity index is 727. The zero-order valence-corrected chi connectivity index (χ0v) is 13.7. The summed E-state index contributed by atoms with van der Waals surface area (Å²) in [4.78, 5) is 13.7. The van der Waals surface area contributed by atoms with Crippen molar-refractivity contribution in [3.05, 3.63) is 59.2 Å². The number of allylic oxidation sites excluding steroid dienone is 4. The molecule has 2 N–H and O–H groups in total. The number of carbonyl (C=O) groups is 1. The van der Waals surface area contributed by atoms with Crippen LogP contribution in [0, 0.1) is 0 Å². The van der Waals surface area contributed by atoms with E-state index < -0.39 is 5.97 Å². The maximum Gasteiger partial charge on any atom is 0.337 e. The second kappa shape index (κ2) is 5.95. The Hall–Kier alpha value is -2.49. The number of carboxylic acids is 1. The molecule has 1 aromatic rings. The van der Waals surface area contributed by atoms with Crippen molar-refractivity contribution in [1.29, 1.82) is 0 Å². The van der Waals surface area contributed by atoms with E-state index in [-0.39, 0.29) is 12.1 Å². The number of benzene rings is 1. The van der Waals surface area contributed by atoms with Crippen LogP contribution >= 0.6 is 0 Å². The van der Waals surface area contributed by atoms with Crippen LogP contribution in [0.15, 0.2) is 53.6 Å². The highest BCUT2D eigenvalue weighted by atomic mass is 16.4. The molecule has 1 aliphatic heterocycles. The van der Waals surface area contributed by atoms with Gasteiger partial charge in [-0.15, -0.1) is 0 Å². The summed E-state index contributed by atoms with van der Waals surface area (Å²) in [5.41, 5.74) is 4.52. The van der Waals surface area contributed by atoms with Crippen LogP contribution in [0.4, 0.5) is 11.4 Å². The van der Waals surface area contributed by atoms with Gasteiger partial charge < -0.3 is 15.3 Å². The first-order valence-electron chi connectivity index (χ1n) is 7.85. The molecule has 4 nitrogen and oxygen atoms in total. The predicted octanol–water partition coefficient (Wildman–Crippen LogP) is 3.84. The van der Waals surface area contributed by atoms with E-state index in [4.69, 9.17) is 0 Å². The molecule has 120 valence electrons. The first kappa shape index (κ1) is 15.4. The van der Waals surface area contributed by atoms with E-state index in [0.717, 1.165) is 12.1 Å². The summed E-state index contributed by atoms with van der Waals surface area (Å²) in [6, 6.07) is 5.70. The third-order valence-electron chi connectivity index (χ3n) is 4.51. The fourth-order valence-corrected chi connectivity index (χ4v) is 3.25. The molecule has 0 saturated carbocycles. The molecule has 3 rings (SSSR count). The molecule has 23 heavy (non-hydrogen) atoms. The lowest BCUT2D eigenvalue weighted by molar-refractivity contribution is 0.0698. The van der Waals surface area contributed by atoms with Crippen LogP contribution in [-0.4, -0.2) is 30.2 Å². The second-order valence-corrected chi connectivity index (χ2v) is 6.34. The Labute approximate surface area is 136 Å². The van der Waals surface area contributed by atoms with Gasteiger partial charge in [0, 0.05) is 7.05 Å². The molecule has 1 aromatic carbocycles. The second-order valence-electron chi connectivity index (χ2n) is 6.34. The van der Waals surface area contributed by atoms with Crippen molar-refractivity contribution in [2.45, 2.75) is 32.4 Å². The van der Waals surface area contributed by atoms with Crippen molar-refractivity contribution >= 4 is 17.3 Å². The molecule has 4 heteroatoms. The Morgan fingerprint density at radius 2 is 2.17 bits per heavy atom. The number of anilines is 2. The molecule has 2 atom stereocenters. The minimum absolute atomic E-state index is 0.0913. The molecule has 2 unspecified atom stereocenters. The zero-order chi connectivity index (χ0) is 16.6. The smallest absolute Gasteiger partial charge is 0.337 e. The fraction of sp³-hybridized carbons (Fsp3) is 0.316. The number of para-hydroxylation sites is 1. The molecular formula is C19H22N2O2. The molecule has 0 bridgehead atoms. The van der Waals surface area contributed by atoms with Gasteiger partial charge in [-0.1, -0.05) is 35.9 Å². The minimum atomic E-state index is -0.901. The Morgan fingerprint density at radius 3 is 2.87 bits per heavy atom. The topological polar surface area (TPSA) is 52.6 Å². The van der Waals surface area contributed by atoms with Gasteiger partial charge in [0.25, 0.3) is 0 Å². The molecule has 0 fully saturated rings. The van der Waals surface area contributed by atoms with Gasteiger partial charge >= 0.3 is 5.97 Å².